The molecule has 182 valence electrons. The maximum absolute atomic E-state index is 14.6. The second-order valence-electron chi connectivity index (χ2n) is 11.9. The first-order valence-electron chi connectivity index (χ1n) is 13.5. The number of methoxy groups -OCH3 is 1. The first-order valence-corrected chi connectivity index (χ1v) is 13.5. The number of carbonyl (C=O) groups excluding carboxylic acids is 1. The Morgan fingerprint density at radius 3 is 2.74 bits per heavy atom. The third-order valence-corrected chi connectivity index (χ3v) is 10.4. The summed E-state index contributed by atoms with van der Waals surface area (Å²) in [5, 5.41) is 0. The van der Waals surface area contributed by atoms with Gasteiger partial charge in [-0.15, -0.1) is 0 Å². The monoisotopic (exact) mass is 470 g/mol. The summed E-state index contributed by atoms with van der Waals surface area (Å²) in [5.41, 5.74) is 2.98. The highest BCUT2D eigenvalue weighted by Gasteiger charge is 2.80. The van der Waals surface area contributed by atoms with E-state index in [2.05, 4.69) is 58.3 Å². The van der Waals surface area contributed by atoms with Crippen molar-refractivity contribution in [2.45, 2.75) is 67.9 Å². The molecule has 0 aromatic heterocycles. The van der Waals surface area contributed by atoms with Gasteiger partial charge < -0.3 is 9.47 Å². The number of ketones is 1. The van der Waals surface area contributed by atoms with Gasteiger partial charge in [-0.05, 0) is 66.8 Å². The molecule has 0 amide bonds. The van der Waals surface area contributed by atoms with Crippen LogP contribution < -0.4 is 4.74 Å². The van der Waals surface area contributed by atoms with Crippen molar-refractivity contribution in [2.75, 3.05) is 26.7 Å². The molecule has 5 fully saturated rings. The Labute approximate surface area is 207 Å². The van der Waals surface area contributed by atoms with Gasteiger partial charge in [-0.3, -0.25) is 14.6 Å². The zero-order valence-electron chi connectivity index (χ0n) is 20.5. The van der Waals surface area contributed by atoms with E-state index in [1.807, 2.05) is 0 Å². The average molecular weight is 471 g/mol. The lowest BCUT2D eigenvalue weighted by Crippen LogP contribution is -2.77. The van der Waals surface area contributed by atoms with Crippen LogP contribution in [0.4, 0.5) is 0 Å². The lowest BCUT2D eigenvalue weighted by atomic mass is 9.46. The fraction of sp³-hybridized carbons (Fsp3) is 0.567. The number of piperidine rings is 1. The summed E-state index contributed by atoms with van der Waals surface area (Å²) in [6.45, 7) is 3.50. The van der Waals surface area contributed by atoms with Crippen LogP contribution in [0.25, 0.3) is 0 Å². The molecule has 2 saturated carbocycles. The molecule has 3 heterocycles. The largest absolute Gasteiger partial charge is 0.497 e. The van der Waals surface area contributed by atoms with E-state index >= 15 is 0 Å². The molecular formula is C30H34N2O3. The third kappa shape index (κ3) is 2.62. The summed E-state index contributed by atoms with van der Waals surface area (Å²) in [6.07, 6.45) is 5.83. The van der Waals surface area contributed by atoms with E-state index in [-0.39, 0.29) is 17.6 Å². The molecule has 6 atom stereocenters. The molecule has 2 aromatic carbocycles. The number of likely N-dealkylation sites (tertiary alicyclic amines) is 2. The van der Waals surface area contributed by atoms with E-state index in [4.69, 9.17) is 9.47 Å². The summed E-state index contributed by atoms with van der Waals surface area (Å²) in [7, 11) is 1.73. The Bertz CT molecular complexity index is 1200. The smallest absolute Gasteiger partial charge is 0.160 e. The minimum Gasteiger partial charge on any atom is -0.497 e. The molecule has 5 nitrogen and oxygen atoms in total. The Balaban J connectivity index is 1.27. The number of hydrogen-bond acceptors (Lipinski definition) is 5. The Morgan fingerprint density at radius 2 is 1.94 bits per heavy atom. The van der Waals surface area contributed by atoms with Crippen LogP contribution in [0.15, 0.2) is 48.5 Å². The molecular weight excluding hydrogens is 436 g/mol. The maximum atomic E-state index is 14.6. The number of Topliss-reactive ketones (excluding diaryl/α,β-unsaturated/α-hetero) is 1. The zero-order valence-corrected chi connectivity index (χ0v) is 20.5. The van der Waals surface area contributed by atoms with E-state index in [9.17, 15) is 4.79 Å². The number of nitrogens with zero attached hydrogens (tertiary/aromatic N) is 2. The second-order valence-corrected chi connectivity index (χ2v) is 11.9. The van der Waals surface area contributed by atoms with Crippen molar-refractivity contribution in [2.24, 2.45) is 11.8 Å². The highest BCUT2D eigenvalue weighted by Crippen LogP contribution is 2.68. The van der Waals surface area contributed by atoms with Gasteiger partial charge in [0.05, 0.1) is 25.2 Å². The molecule has 3 saturated heterocycles. The Kier molecular flexibility index (Phi) is 4.29. The van der Waals surface area contributed by atoms with Gasteiger partial charge in [-0.25, -0.2) is 0 Å². The number of ether oxygens (including phenoxy) is 2. The highest BCUT2D eigenvalue weighted by atomic mass is 16.5. The van der Waals surface area contributed by atoms with Crippen molar-refractivity contribution in [3.05, 3.63) is 65.2 Å². The van der Waals surface area contributed by atoms with Gasteiger partial charge >= 0.3 is 0 Å². The zero-order chi connectivity index (χ0) is 23.4. The van der Waals surface area contributed by atoms with E-state index in [1.165, 1.54) is 29.5 Å². The molecule has 3 aliphatic heterocycles. The average Bonchev–Trinajstić information content (AvgIpc) is 3.58. The van der Waals surface area contributed by atoms with E-state index in [1.54, 1.807) is 7.11 Å². The molecule has 3 aliphatic carbocycles. The minimum atomic E-state index is -0.543. The lowest BCUT2D eigenvalue weighted by Gasteiger charge is -2.63. The van der Waals surface area contributed by atoms with Crippen molar-refractivity contribution >= 4 is 5.78 Å². The van der Waals surface area contributed by atoms with Crippen LogP contribution in [-0.2, 0) is 27.9 Å². The van der Waals surface area contributed by atoms with Crippen LogP contribution in [0.5, 0.6) is 5.75 Å². The lowest BCUT2D eigenvalue weighted by molar-refractivity contribution is -0.181. The van der Waals surface area contributed by atoms with Gasteiger partial charge in [0.2, 0.25) is 0 Å². The van der Waals surface area contributed by atoms with Crippen LogP contribution in [-0.4, -0.2) is 66.1 Å². The third-order valence-electron chi connectivity index (χ3n) is 10.4. The SMILES string of the molecule is COc1ccc2c(c1)C13C(=O)CN(CC4CC4)C(C2)C12CCC1C3[C@@H](CN1Cc1ccccc1)O2. The van der Waals surface area contributed by atoms with Crippen LogP contribution in [0.2, 0.25) is 0 Å². The van der Waals surface area contributed by atoms with Crippen molar-refractivity contribution in [1.82, 2.24) is 9.80 Å². The summed E-state index contributed by atoms with van der Waals surface area (Å²) in [4.78, 5) is 19.8. The van der Waals surface area contributed by atoms with Crippen molar-refractivity contribution in [3.8, 4) is 5.75 Å². The maximum Gasteiger partial charge on any atom is 0.160 e. The van der Waals surface area contributed by atoms with Crippen molar-refractivity contribution in [1.29, 1.82) is 0 Å². The van der Waals surface area contributed by atoms with Crippen LogP contribution in [0, 0.1) is 11.8 Å². The summed E-state index contributed by atoms with van der Waals surface area (Å²) in [6, 6.07) is 18.0. The van der Waals surface area contributed by atoms with Crippen LogP contribution in [0.3, 0.4) is 0 Å². The Hall–Kier alpha value is -2.21. The minimum absolute atomic E-state index is 0.121. The van der Waals surface area contributed by atoms with Crippen molar-refractivity contribution in [3.63, 3.8) is 0 Å². The molecule has 4 bridgehead atoms. The van der Waals surface area contributed by atoms with Gasteiger partial charge in [0, 0.05) is 37.6 Å². The highest BCUT2D eigenvalue weighted by molar-refractivity contribution is 5.97. The van der Waals surface area contributed by atoms with E-state index < -0.39 is 5.41 Å². The molecule has 5 unspecified atom stereocenters. The molecule has 8 rings (SSSR count). The van der Waals surface area contributed by atoms with E-state index in [0.717, 1.165) is 50.6 Å². The molecule has 0 spiro atoms. The molecule has 0 radical (unpaired) electrons. The topological polar surface area (TPSA) is 42.0 Å². The van der Waals surface area contributed by atoms with Gasteiger partial charge in [0.1, 0.15) is 11.4 Å². The molecule has 5 heteroatoms. The number of carbonyl (C=O) groups is 1. The standard InChI is InChI=1S/C30H34N2O3/c1-34-22-10-9-21-13-26-29-12-11-24-28(25(35-29)17-31(24)15-19-5-3-2-4-6-19)30(29,23(21)14-22)27(33)18-32(26)16-20-7-8-20/h2-6,9-10,14,20,24-26,28H,7-8,11-13,15-18H2,1H3/t24?,25-,26?,28?,29?,30?/m1/s1. The number of benzene rings is 2. The van der Waals surface area contributed by atoms with Crippen LogP contribution >= 0.6 is 0 Å². The quantitative estimate of drug-likeness (QED) is 0.668. The number of rotatable bonds is 5. The van der Waals surface area contributed by atoms with Gasteiger partial charge in [0.25, 0.3) is 0 Å². The normalized spacial score (nSPS) is 39.4. The fourth-order valence-corrected chi connectivity index (χ4v) is 9.01. The van der Waals surface area contributed by atoms with E-state index in [0.29, 0.717) is 24.4 Å². The molecule has 6 aliphatic rings. The summed E-state index contributed by atoms with van der Waals surface area (Å²) >= 11 is 0. The molecule has 35 heavy (non-hydrogen) atoms. The Morgan fingerprint density at radius 1 is 1.09 bits per heavy atom. The fourth-order valence-electron chi connectivity index (χ4n) is 9.01. The van der Waals surface area contributed by atoms with Crippen LogP contribution in [0.1, 0.15) is 42.4 Å². The summed E-state index contributed by atoms with van der Waals surface area (Å²) in [5.74, 6) is 2.26. The first-order chi connectivity index (χ1) is 17.1. The predicted octanol–water partition coefficient (Wildman–Crippen LogP) is 3.58. The second kappa shape index (κ2) is 7.18. The van der Waals surface area contributed by atoms with Gasteiger partial charge in [0.15, 0.2) is 5.78 Å². The summed E-state index contributed by atoms with van der Waals surface area (Å²) < 4.78 is 13.0. The molecule has 0 N–H and O–H groups in total. The number of fused-ring (bicyclic) bond motifs is 1. The van der Waals surface area contributed by atoms with Crippen molar-refractivity contribution < 1.29 is 14.3 Å². The first kappa shape index (κ1) is 20.9. The van der Waals surface area contributed by atoms with Gasteiger partial charge in [-0.1, -0.05) is 36.4 Å². The molecule has 2 aromatic rings. The predicted molar refractivity (Wildman–Crippen MR) is 132 cm³/mol. The van der Waals surface area contributed by atoms with Gasteiger partial charge in [-0.2, -0.15) is 0 Å². The number of hydrogen-bond donors (Lipinski definition) is 0.